The molecule has 1 amide bonds. The molecule has 2 aromatic rings. The molecule has 0 saturated heterocycles. The van der Waals surface area contributed by atoms with Gasteiger partial charge in [-0.1, -0.05) is 12.1 Å². The van der Waals surface area contributed by atoms with E-state index in [1.54, 1.807) is 13.0 Å². The largest absolute Gasteiger partial charge is 0.490 e. The summed E-state index contributed by atoms with van der Waals surface area (Å²) in [5.74, 6) is 0.415. The van der Waals surface area contributed by atoms with Crippen LogP contribution in [0.2, 0.25) is 0 Å². The van der Waals surface area contributed by atoms with E-state index in [1.807, 2.05) is 36.4 Å². The van der Waals surface area contributed by atoms with Crippen molar-refractivity contribution in [2.24, 2.45) is 0 Å². The van der Waals surface area contributed by atoms with Crippen LogP contribution in [0.1, 0.15) is 36.5 Å². The smallest absolute Gasteiger partial charge is 0.331 e. The van der Waals surface area contributed by atoms with Crippen molar-refractivity contribution in [3.63, 3.8) is 0 Å². The maximum absolute atomic E-state index is 12.4. The zero-order valence-electron chi connectivity index (χ0n) is 17.0. The molecule has 0 spiro atoms. The molecule has 156 valence electrons. The maximum atomic E-state index is 12.4. The zero-order valence-corrected chi connectivity index (χ0v) is 17.0. The van der Waals surface area contributed by atoms with Gasteiger partial charge in [0, 0.05) is 18.2 Å². The number of benzene rings is 2. The van der Waals surface area contributed by atoms with Crippen molar-refractivity contribution in [1.82, 2.24) is 0 Å². The number of nitrogens with one attached hydrogen (secondary N) is 1. The second kappa shape index (κ2) is 9.03. The molecule has 0 radical (unpaired) electrons. The van der Waals surface area contributed by atoms with E-state index in [4.69, 9.17) is 14.2 Å². The van der Waals surface area contributed by atoms with Crippen molar-refractivity contribution in [3.05, 3.63) is 59.2 Å². The molecule has 1 atom stereocenters. The number of rotatable bonds is 5. The van der Waals surface area contributed by atoms with E-state index in [0.717, 1.165) is 36.9 Å². The third kappa shape index (κ3) is 4.82. The fraction of sp³-hybridized carbons (Fsp3) is 0.333. The van der Waals surface area contributed by atoms with Crippen molar-refractivity contribution in [3.8, 4) is 11.5 Å². The van der Waals surface area contributed by atoms with Gasteiger partial charge in [-0.15, -0.1) is 0 Å². The fourth-order valence-electron chi connectivity index (χ4n) is 3.61. The molecule has 2 aliphatic rings. The molecule has 30 heavy (non-hydrogen) atoms. The summed E-state index contributed by atoms with van der Waals surface area (Å²) in [6.45, 7) is 2.78. The quantitative estimate of drug-likeness (QED) is 0.601. The van der Waals surface area contributed by atoms with Crippen LogP contribution in [0.5, 0.6) is 11.5 Å². The summed E-state index contributed by atoms with van der Waals surface area (Å²) in [5, 5.41) is 2.82. The first kappa shape index (κ1) is 20.0. The predicted octanol–water partition coefficient (Wildman–Crippen LogP) is 3.92. The third-order valence-corrected chi connectivity index (χ3v) is 5.21. The Kier molecular flexibility index (Phi) is 6.02. The molecule has 0 fully saturated rings. The molecular formula is C24H25NO5. The molecule has 0 unspecified atom stereocenters. The van der Waals surface area contributed by atoms with Crippen LogP contribution in [-0.4, -0.2) is 31.2 Å². The van der Waals surface area contributed by atoms with E-state index in [1.165, 1.54) is 17.2 Å². The predicted molar refractivity (Wildman–Crippen MR) is 114 cm³/mol. The first-order valence-electron chi connectivity index (χ1n) is 10.3. The first-order valence-corrected chi connectivity index (χ1v) is 10.3. The van der Waals surface area contributed by atoms with E-state index in [0.29, 0.717) is 24.7 Å². The SMILES string of the molecule is C[C@H](OC(=O)/C=C/c1ccc2c(c1)OCCCO2)C(=O)Nc1ccc2c(c1)CCC2. The normalized spacial score (nSPS) is 15.9. The van der Waals surface area contributed by atoms with Gasteiger partial charge in [0.25, 0.3) is 5.91 Å². The highest BCUT2D eigenvalue weighted by molar-refractivity contribution is 5.96. The number of hydrogen-bond acceptors (Lipinski definition) is 5. The fourth-order valence-corrected chi connectivity index (χ4v) is 3.61. The Morgan fingerprint density at radius 1 is 1.00 bits per heavy atom. The van der Waals surface area contributed by atoms with Crippen molar-refractivity contribution >= 4 is 23.6 Å². The van der Waals surface area contributed by atoms with Gasteiger partial charge in [0.2, 0.25) is 0 Å². The summed E-state index contributed by atoms with van der Waals surface area (Å²) in [7, 11) is 0. The van der Waals surface area contributed by atoms with E-state index in [-0.39, 0.29) is 5.91 Å². The van der Waals surface area contributed by atoms with Crippen LogP contribution in [0.4, 0.5) is 5.69 Å². The van der Waals surface area contributed by atoms with Crippen LogP contribution in [0.15, 0.2) is 42.5 Å². The topological polar surface area (TPSA) is 73.9 Å². The number of amides is 1. The Bertz CT molecular complexity index is 982. The summed E-state index contributed by atoms with van der Waals surface area (Å²) >= 11 is 0. The van der Waals surface area contributed by atoms with Crippen molar-refractivity contribution in [2.75, 3.05) is 18.5 Å². The minimum Gasteiger partial charge on any atom is -0.490 e. The maximum Gasteiger partial charge on any atom is 0.331 e. The van der Waals surface area contributed by atoms with Gasteiger partial charge in [0.05, 0.1) is 13.2 Å². The molecule has 1 aliphatic heterocycles. The number of anilines is 1. The summed E-state index contributed by atoms with van der Waals surface area (Å²) in [6, 6.07) is 11.4. The third-order valence-electron chi connectivity index (χ3n) is 5.21. The van der Waals surface area contributed by atoms with Gasteiger partial charge in [-0.2, -0.15) is 0 Å². The molecule has 6 heteroatoms. The first-order chi connectivity index (χ1) is 14.6. The molecule has 0 bridgehead atoms. The highest BCUT2D eigenvalue weighted by Crippen LogP contribution is 2.30. The second-order valence-corrected chi connectivity index (χ2v) is 7.50. The Morgan fingerprint density at radius 2 is 1.80 bits per heavy atom. The molecule has 0 saturated carbocycles. The summed E-state index contributed by atoms with van der Waals surface area (Å²) in [4.78, 5) is 24.5. The van der Waals surface area contributed by atoms with Crippen molar-refractivity contribution in [1.29, 1.82) is 0 Å². The van der Waals surface area contributed by atoms with Crippen LogP contribution >= 0.6 is 0 Å². The lowest BCUT2D eigenvalue weighted by atomic mass is 10.1. The van der Waals surface area contributed by atoms with Gasteiger partial charge < -0.3 is 19.5 Å². The molecular weight excluding hydrogens is 382 g/mol. The second-order valence-electron chi connectivity index (χ2n) is 7.50. The lowest BCUT2D eigenvalue weighted by Crippen LogP contribution is -2.29. The number of carbonyl (C=O) groups excluding carboxylic acids is 2. The average molecular weight is 407 g/mol. The average Bonchev–Trinajstić information content (AvgIpc) is 3.08. The number of carbonyl (C=O) groups is 2. The van der Waals surface area contributed by atoms with Gasteiger partial charge in [-0.05, 0) is 73.2 Å². The van der Waals surface area contributed by atoms with Crippen LogP contribution in [-0.2, 0) is 27.2 Å². The zero-order chi connectivity index (χ0) is 20.9. The van der Waals surface area contributed by atoms with Crippen LogP contribution in [0.3, 0.4) is 0 Å². The minimum absolute atomic E-state index is 0.356. The number of ether oxygens (including phenoxy) is 3. The van der Waals surface area contributed by atoms with Crippen LogP contribution in [0.25, 0.3) is 6.08 Å². The van der Waals surface area contributed by atoms with Crippen LogP contribution in [0, 0.1) is 0 Å². The lowest BCUT2D eigenvalue weighted by molar-refractivity contribution is -0.148. The minimum atomic E-state index is -0.904. The van der Waals surface area contributed by atoms with E-state index >= 15 is 0 Å². The summed E-state index contributed by atoms with van der Waals surface area (Å²) in [5.41, 5.74) is 4.13. The number of aryl methyl sites for hydroxylation is 2. The molecule has 6 nitrogen and oxygen atoms in total. The standard InChI is InChI=1S/C24H25NO5/c1-16(24(27)25-20-9-8-18-4-2-5-19(18)15-20)30-23(26)11-7-17-6-10-21-22(14-17)29-13-3-12-28-21/h6-11,14-16H,2-5,12-13H2,1H3,(H,25,27)/b11-7+/t16-/m0/s1. The highest BCUT2D eigenvalue weighted by Gasteiger charge is 2.18. The van der Waals surface area contributed by atoms with Gasteiger partial charge >= 0.3 is 5.97 Å². The highest BCUT2D eigenvalue weighted by atomic mass is 16.5. The van der Waals surface area contributed by atoms with Gasteiger partial charge in [-0.3, -0.25) is 4.79 Å². The Balaban J connectivity index is 1.32. The van der Waals surface area contributed by atoms with Crippen molar-refractivity contribution in [2.45, 2.75) is 38.7 Å². The van der Waals surface area contributed by atoms with E-state index < -0.39 is 12.1 Å². The van der Waals surface area contributed by atoms with Gasteiger partial charge in [0.15, 0.2) is 17.6 Å². The van der Waals surface area contributed by atoms with Gasteiger partial charge in [0.1, 0.15) is 0 Å². The summed E-state index contributed by atoms with van der Waals surface area (Å²) in [6.07, 6.45) is 6.13. The molecule has 0 aromatic heterocycles. The monoisotopic (exact) mass is 407 g/mol. The molecule has 1 aliphatic carbocycles. The molecule has 1 N–H and O–H groups in total. The molecule has 1 heterocycles. The number of fused-ring (bicyclic) bond motifs is 2. The molecule has 4 rings (SSSR count). The Morgan fingerprint density at radius 3 is 2.67 bits per heavy atom. The Hall–Kier alpha value is -3.28. The number of hydrogen-bond donors (Lipinski definition) is 1. The van der Waals surface area contributed by atoms with E-state index in [9.17, 15) is 9.59 Å². The van der Waals surface area contributed by atoms with E-state index in [2.05, 4.69) is 5.32 Å². The number of esters is 1. The Labute approximate surface area is 175 Å². The van der Waals surface area contributed by atoms with Crippen molar-refractivity contribution < 1.29 is 23.8 Å². The van der Waals surface area contributed by atoms with Crippen LogP contribution < -0.4 is 14.8 Å². The summed E-state index contributed by atoms with van der Waals surface area (Å²) < 4.78 is 16.5. The molecule has 2 aromatic carbocycles. The lowest BCUT2D eigenvalue weighted by Gasteiger charge is -2.13. The van der Waals surface area contributed by atoms with Gasteiger partial charge in [-0.25, -0.2) is 4.79 Å².